The lowest BCUT2D eigenvalue weighted by Crippen LogP contribution is -1.93. The molecule has 0 saturated heterocycles. The largest absolute Gasteiger partial charge is 0.454 e. The molecular weight excluding hydrogens is 238 g/mol. The molecule has 17 heavy (non-hydrogen) atoms. The van der Waals surface area contributed by atoms with E-state index < -0.39 is 0 Å². The summed E-state index contributed by atoms with van der Waals surface area (Å²) in [5, 5.41) is 6.74. The Morgan fingerprint density at radius 3 is 3.18 bits per heavy atom. The molecule has 1 aliphatic heterocycles. The van der Waals surface area contributed by atoms with Crippen molar-refractivity contribution >= 4 is 22.7 Å². The molecule has 0 unspecified atom stereocenters. The van der Waals surface area contributed by atoms with Gasteiger partial charge in [0.1, 0.15) is 0 Å². The van der Waals surface area contributed by atoms with Crippen molar-refractivity contribution in [3.63, 3.8) is 0 Å². The zero-order valence-electron chi connectivity index (χ0n) is 8.79. The minimum Gasteiger partial charge on any atom is -0.454 e. The van der Waals surface area contributed by atoms with Gasteiger partial charge in [-0.15, -0.1) is 11.3 Å². The molecule has 5 nitrogen and oxygen atoms in total. The number of nitrogens with one attached hydrogen (secondary N) is 1. The van der Waals surface area contributed by atoms with Crippen LogP contribution < -0.4 is 14.9 Å². The third kappa shape index (κ3) is 2.21. The van der Waals surface area contributed by atoms with Gasteiger partial charge in [0.25, 0.3) is 0 Å². The van der Waals surface area contributed by atoms with E-state index >= 15 is 0 Å². The molecule has 0 spiro atoms. The topological polar surface area (TPSA) is 55.7 Å². The number of nitrogens with zero attached hydrogens (tertiary/aromatic N) is 2. The third-order valence-electron chi connectivity index (χ3n) is 2.20. The molecule has 0 amide bonds. The number of anilines is 1. The number of fused-ring (bicyclic) bond motifs is 1. The van der Waals surface area contributed by atoms with Crippen LogP contribution in [0.25, 0.3) is 0 Å². The molecular formula is C11H9N3O2S. The summed E-state index contributed by atoms with van der Waals surface area (Å²) in [5.74, 6) is 1.53. The Bertz CT molecular complexity index is 540. The van der Waals surface area contributed by atoms with Gasteiger partial charge in [0, 0.05) is 11.6 Å². The summed E-state index contributed by atoms with van der Waals surface area (Å²) in [6.45, 7) is 0.285. The van der Waals surface area contributed by atoms with Gasteiger partial charge in [0.05, 0.1) is 6.21 Å². The van der Waals surface area contributed by atoms with E-state index in [1.807, 2.05) is 23.6 Å². The maximum Gasteiger partial charge on any atom is 0.231 e. The number of hydrazone groups is 1. The lowest BCUT2D eigenvalue weighted by Gasteiger charge is -1.97. The van der Waals surface area contributed by atoms with Gasteiger partial charge in [-0.1, -0.05) is 0 Å². The first-order valence-corrected chi connectivity index (χ1v) is 5.88. The maximum absolute atomic E-state index is 5.28. The van der Waals surface area contributed by atoms with Crippen LogP contribution in [0.2, 0.25) is 0 Å². The minimum atomic E-state index is 0.285. The van der Waals surface area contributed by atoms with E-state index in [0.717, 1.165) is 22.2 Å². The first-order chi connectivity index (χ1) is 8.42. The Morgan fingerprint density at radius 2 is 2.29 bits per heavy atom. The highest BCUT2D eigenvalue weighted by atomic mass is 32.1. The van der Waals surface area contributed by atoms with Gasteiger partial charge in [-0.05, 0) is 23.8 Å². The third-order valence-corrected chi connectivity index (χ3v) is 2.88. The first-order valence-electron chi connectivity index (χ1n) is 5.00. The standard InChI is InChI=1S/C11H9N3O2S/c1-2-9-10(16-7-15-9)5-8(1)6-13-14-11-12-3-4-17-11/h1-6H,7H2,(H,12,14)/b13-6+. The molecule has 2 aromatic rings. The summed E-state index contributed by atoms with van der Waals surface area (Å²) in [5.41, 5.74) is 3.79. The van der Waals surface area contributed by atoms with E-state index in [-0.39, 0.29) is 6.79 Å². The van der Waals surface area contributed by atoms with Gasteiger partial charge < -0.3 is 9.47 Å². The molecule has 3 rings (SSSR count). The molecule has 2 heterocycles. The van der Waals surface area contributed by atoms with Crippen LogP contribution in [0, 0.1) is 0 Å². The van der Waals surface area contributed by atoms with Crippen molar-refractivity contribution in [2.45, 2.75) is 0 Å². The molecule has 1 aromatic carbocycles. The molecule has 1 aromatic heterocycles. The second-order valence-electron chi connectivity index (χ2n) is 3.32. The number of ether oxygens (including phenoxy) is 2. The number of aromatic nitrogens is 1. The molecule has 0 bridgehead atoms. The zero-order valence-corrected chi connectivity index (χ0v) is 9.61. The first kappa shape index (κ1) is 10.1. The number of rotatable bonds is 3. The fourth-order valence-electron chi connectivity index (χ4n) is 1.43. The van der Waals surface area contributed by atoms with E-state index in [0.29, 0.717) is 0 Å². The molecule has 0 aliphatic carbocycles. The Morgan fingerprint density at radius 1 is 1.35 bits per heavy atom. The highest BCUT2D eigenvalue weighted by molar-refractivity contribution is 7.13. The lowest BCUT2D eigenvalue weighted by atomic mass is 10.2. The van der Waals surface area contributed by atoms with E-state index in [2.05, 4.69) is 15.5 Å². The molecule has 0 radical (unpaired) electrons. The Balaban J connectivity index is 1.70. The average molecular weight is 247 g/mol. The number of benzene rings is 1. The molecule has 1 N–H and O–H groups in total. The predicted octanol–water partition coefficient (Wildman–Crippen LogP) is 2.32. The highest BCUT2D eigenvalue weighted by Gasteiger charge is 2.12. The van der Waals surface area contributed by atoms with Crippen molar-refractivity contribution in [1.82, 2.24) is 4.98 Å². The summed E-state index contributed by atoms with van der Waals surface area (Å²) in [4.78, 5) is 4.05. The lowest BCUT2D eigenvalue weighted by molar-refractivity contribution is 0.174. The fourth-order valence-corrected chi connectivity index (χ4v) is 1.91. The molecule has 0 saturated carbocycles. The van der Waals surface area contributed by atoms with Gasteiger partial charge in [0.2, 0.25) is 11.9 Å². The second-order valence-corrected chi connectivity index (χ2v) is 4.21. The van der Waals surface area contributed by atoms with Gasteiger partial charge in [-0.2, -0.15) is 5.10 Å². The van der Waals surface area contributed by atoms with Crippen LogP contribution in [0.4, 0.5) is 5.13 Å². The Kier molecular flexibility index (Phi) is 2.63. The molecule has 86 valence electrons. The second kappa shape index (κ2) is 4.42. The molecule has 0 fully saturated rings. The monoisotopic (exact) mass is 247 g/mol. The molecule has 6 heteroatoms. The fraction of sp³-hybridized carbons (Fsp3) is 0.0909. The predicted molar refractivity (Wildman–Crippen MR) is 65.9 cm³/mol. The van der Waals surface area contributed by atoms with Crippen LogP contribution in [0.15, 0.2) is 34.9 Å². The van der Waals surface area contributed by atoms with E-state index in [1.165, 1.54) is 11.3 Å². The average Bonchev–Trinajstić information content (AvgIpc) is 2.98. The van der Waals surface area contributed by atoms with Gasteiger partial charge in [-0.3, -0.25) is 5.43 Å². The van der Waals surface area contributed by atoms with Crippen LogP contribution in [0.5, 0.6) is 11.5 Å². The Labute approximate surface area is 102 Å². The number of hydrogen-bond acceptors (Lipinski definition) is 6. The van der Waals surface area contributed by atoms with Crippen LogP contribution in [-0.4, -0.2) is 18.0 Å². The van der Waals surface area contributed by atoms with Gasteiger partial charge in [0.15, 0.2) is 11.5 Å². The highest BCUT2D eigenvalue weighted by Crippen LogP contribution is 2.31. The quantitative estimate of drug-likeness (QED) is 0.668. The summed E-state index contributed by atoms with van der Waals surface area (Å²) in [6, 6.07) is 5.67. The van der Waals surface area contributed by atoms with Crippen molar-refractivity contribution < 1.29 is 9.47 Å². The maximum atomic E-state index is 5.28. The van der Waals surface area contributed by atoms with Gasteiger partial charge >= 0.3 is 0 Å². The van der Waals surface area contributed by atoms with Crippen LogP contribution in [-0.2, 0) is 0 Å². The van der Waals surface area contributed by atoms with Crippen molar-refractivity contribution in [1.29, 1.82) is 0 Å². The van der Waals surface area contributed by atoms with Crippen molar-refractivity contribution in [2.75, 3.05) is 12.2 Å². The van der Waals surface area contributed by atoms with Crippen molar-refractivity contribution in [3.05, 3.63) is 35.3 Å². The summed E-state index contributed by atoms with van der Waals surface area (Å²) < 4.78 is 10.5. The van der Waals surface area contributed by atoms with E-state index in [9.17, 15) is 0 Å². The molecule has 0 atom stereocenters. The summed E-state index contributed by atoms with van der Waals surface area (Å²) in [6.07, 6.45) is 3.44. The smallest absolute Gasteiger partial charge is 0.231 e. The van der Waals surface area contributed by atoms with Crippen molar-refractivity contribution in [2.24, 2.45) is 5.10 Å². The van der Waals surface area contributed by atoms with E-state index in [1.54, 1.807) is 12.4 Å². The van der Waals surface area contributed by atoms with E-state index in [4.69, 9.17) is 9.47 Å². The summed E-state index contributed by atoms with van der Waals surface area (Å²) >= 11 is 1.50. The number of hydrogen-bond donors (Lipinski definition) is 1. The minimum absolute atomic E-state index is 0.285. The SMILES string of the molecule is C(=N\Nc1nccs1)/c1ccc2c(c1)OCO2. The van der Waals surface area contributed by atoms with Crippen LogP contribution in [0.1, 0.15) is 5.56 Å². The normalized spacial score (nSPS) is 13.2. The Hall–Kier alpha value is -2.08. The summed E-state index contributed by atoms with van der Waals surface area (Å²) in [7, 11) is 0. The van der Waals surface area contributed by atoms with Gasteiger partial charge in [-0.25, -0.2) is 4.98 Å². The molecule has 1 aliphatic rings. The van der Waals surface area contributed by atoms with Crippen LogP contribution in [0.3, 0.4) is 0 Å². The zero-order chi connectivity index (χ0) is 11.5. The number of thiazole rings is 1. The van der Waals surface area contributed by atoms with Crippen molar-refractivity contribution in [3.8, 4) is 11.5 Å². The van der Waals surface area contributed by atoms with Crippen LogP contribution >= 0.6 is 11.3 Å².